The number of benzene rings is 10. The molecule has 5 nitrogen and oxygen atoms in total. The molecule has 5 heteroatoms. The van der Waals surface area contributed by atoms with Crippen molar-refractivity contribution in [2.75, 3.05) is 0 Å². The third-order valence-corrected chi connectivity index (χ3v) is 13.8. The van der Waals surface area contributed by atoms with Crippen molar-refractivity contribution in [2.45, 2.75) is 0 Å². The van der Waals surface area contributed by atoms with Gasteiger partial charge >= 0.3 is 0 Å². The van der Waals surface area contributed by atoms with Gasteiger partial charge in [0.15, 0.2) is 11.5 Å². The average Bonchev–Trinajstić information content (AvgIpc) is 4.11. The largest absolute Gasteiger partial charge is 0.456 e. The third-order valence-electron chi connectivity index (χ3n) is 13.8. The van der Waals surface area contributed by atoms with E-state index < -0.39 is 0 Å². The Balaban J connectivity index is 0.839. The minimum absolute atomic E-state index is 0.872. The fourth-order valence-corrected chi connectivity index (χ4v) is 11.0. The number of ether oxygens (including phenoxy) is 1. The maximum Gasteiger partial charge on any atom is 0.152 e. The Labute approximate surface area is 371 Å². The predicted molar refractivity (Wildman–Crippen MR) is 268 cm³/mol. The van der Waals surface area contributed by atoms with Crippen LogP contribution >= 0.6 is 0 Å². The van der Waals surface area contributed by atoms with Crippen molar-refractivity contribution in [1.29, 1.82) is 0 Å². The zero-order valence-corrected chi connectivity index (χ0v) is 34.9. The molecule has 0 amide bonds. The van der Waals surface area contributed by atoms with Crippen LogP contribution in [0.15, 0.2) is 217 Å². The van der Waals surface area contributed by atoms with Crippen LogP contribution in [0.2, 0.25) is 0 Å². The molecule has 0 atom stereocenters. The van der Waals surface area contributed by atoms with Crippen LogP contribution in [-0.2, 0) is 0 Å². The molecule has 1 aliphatic heterocycles. The molecular formula is C60H35N3O2. The van der Waals surface area contributed by atoms with Gasteiger partial charge in [-0.2, -0.15) is 0 Å². The first kappa shape index (κ1) is 34.7. The summed E-state index contributed by atoms with van der Waals surface area (Å²) in [6.07, 6.45) is 0. The number of para-hydroxylation sites is 6. The molecule has 302 valence electrons. The van der Waals surface area contributed by atoms with Gasteiger partial charge in [0.25, 0.3) is 0 Å². The lowest BCUT2D eigenvalue weighted by Crippen LogP contribution is -2.03. The van der Waals surface area contributed by atoms with Crippen molar-refractivity contribution in [3.05, 3.63) is 212 Å². The summed E-state index contributed by atoms with van der Waals surface area (Å²) >= 11 is 0. The molecule has 0 unspecified atom stereocenters. The van der Waals surface area contributed by atoms with Gasteiger partial charge in [0.2, 0.25) is 0 Å². The number of nitrogens with zero attached hydrogens (tertiary/aromatic N) is 3. The van der Waals surface area contributed by atoms with Gasteiger partial charge in [0.1, 0.15) is 11.2 Å². The number of fused-ring (bicyclic) bond motifs is 14. The number of furan rings is 1. The fraction of sp³-hybridized carbons (Fsp3) is 0. The Morgan fingerprint density at radius 2 is 0.862 bits per heavy atom. The van der Waals surface area contributed by atoms with Crippen LogP contribution in [0.5, 0.6) is 11.5 Å². The lowest BCUT2D eigenvalue weighted by atomic mass is 9.99. The second kappa shape index (κ2) is 12.9. The molecule has 5 heterocycles. The predicted octanol–water partition coefficient (Wildman–Crippen LogP) is 16.3. The molecule has 4 aromatic heterocycles. The van der Waals surface area contributed by atoms with E-state index in [-0.39, 0.29) is 0 Å². The average molecular weight is 830 g/mol. The third kappa shape index (κ3) is 4.81. The molecule has 15 rings (SSSR count). The van der Waals surface area contributed by atoms with E-state index in [2.05, 4.69) is 202 Å². The number of aromatic nitrogens is 3. The standard InChI is InChI=1S/C60H35N3O2/c1-4-16-49-42(11-1)47-33-37(38-26-32-52-48(34-38)43-12-2-5-17-50(43)62(52)40-29-30-45-44-13-3-7-20-55(44)64-58(45)35-40)25-31-51(47)61(49)39-27-23-36(24-28-39)41-14-9-19-54-59(41)46-15-10-22-57-60(46)63(54)53-18-6-8-21-56(53)65-57/h1-35H. The first-order valence-electron chi connectivity index (χ1n) is 22.2. The molecular weight excluding hydrogens is 795 g/mol. The van der Waals surface area contributed by atoms with Gasteiger partial charge in [-0.05, 0) is 113 Å². The summed E-state index contributed by atoms with van der Waals surface area (Å²) in [5.74, 6) is 1.76. The van der Waals surface area contributed by atoms with E-state index in [4.69, 9.17) is 9.15 Å². The van der Waals surface area contributed by atoms with Crippen LogP contribution in [0, 0.1) is 0 Å². The van der Waals surface area contributed by atoms with Crippen LogP contribution in [0.3, 0.4) is 0 Å². The highest BCUT2D eigenvalue weighted by Crippen LogP contribution is 2.48. The highest BCUT2D eigenvalue weighted by atomic mass is 16.5. The highest BCUT2D eigenvalue weighted by Gasteiger charge is 2.25. The normalized spacial score (nSPS) is 12.4. The molecule has 1 aliphatic rings. The topological polar surface area (TPSA) is 37.2 Å². The van der Waals surface area contributed by atoms with Crippen LogP contribution in [0.25, 0.3) is 127 Å². The van der Waals surface area contributed by atoms with Crippen LogP contribution in [-0.4, -0.2) is 13.7 Å². The van der Waals surface area contributed by atoms with Crippen molar-refractivity contribution in [3.8, 4) is 50.8 Å². The van der Waals surface area contributed by atoms with Gasteiger partial charge in [-0.1, -0.05) is 115 Å². The van der Waals surface area contributed by atoms with Crippen molar-refractivity contribution in [1.82, 2.24) is 13.7 Å². The summed E-state index contributed by atoms with van der Waals surface area (Å²) < 4.78 is 19.9. The number of hydrogen-bond acceptors (Lipinski definition) is 2. The molecule has 0 fully saturated rings. The first-order valence-corrected chi connectivity index (χ1v) is 22.2. The quantitative estimate of drug-likeness (QED) is 0.177. The number of hydrogen-bond donors (Lipinski definition) is 0. The second-order valence-corrected chi connectivity index (χ2v) is 17.3. The molecule has 0 spiro atoms. The zero-order chi connectivity index (χ0) is 42.3. The molecule has 0 aliphatic carbocycles. The van der Waals surface area contributed by atoms with Gasteiger partial charge < -0.3 is 22.9 Å². The van der Waals surface area contributed by atoms with Gasteiger partial charge in [-0.25, -0.2) is 0 Å². The van der Waals surface area contributed by atoms with Crippen molar-refractivity contribution < 1.29 is 9.15 Å². The van der Waals surface area contributed by atoms with Gasteiger partial charge in [-0.15, -0.1) is 0 Å². The van der Waals surface area contributed by atoms with Crippen molar-refractivity contribution in [2.24, 2.45) is 0 Å². The molecule has 0 saturated carbocycles. The van der Waals surface area contributed by atoms with E-state index in [1.165, 1.54) is 76.6 Å². The summed E-state index contributed by atoms with van der Waals surface area (Å²) in [5, 5.41) is 9.59. The fourth-order valence-electron chi connectivity index (χ4n) is 11.0. The minimum Gasteiger partial charge on any atom is -0.456 e. The van der Waals surface area contributed by atoms with Gasteiger partial charge in [-0.3, -0.25) is 0 Å². The second-order valence-electron chi connectivity index (χ2n) is 17.3. The Hall–Kier alpha value is -8.80. The highest BCUT2D eigenvalue weighted by molar-refractivity contribution is 6.18. The lowest BCUT2D eigenvalue weighted by molar-refractivity contribution is 0.476. The van der Waals surface area contributed by atoms with E-state index in [9.17, 15) is 0 Å². The zero-order valence-electron chi connectivity index (χ0n) is 34.9. The monoisotopic (exact) mass is 829 g/mol. The Morgan fingerprint density at radius 1 is 0.308 bits per heavy atom. The Bertz CT molecular complexity index is 4330. The molecule has 0 N–H and O–H groups in total. The maximum atomic E-state index is 6.42. The van der Waals surface area contributed by atoms with Gasteiger partial charge in [0.05, 0.1) is 38.8 Å². The van der Waals surface area contributed by atoms with E-state index in [1.54, 1.807) is 0 Å². The van der Waals surface area contributed by atoms with E-state index >= 15 is 0 Å². The van der Waals surface area contributed by atoms with Gasteiger partial charge in [0, 0.05) is 60.5 Å². The summed E-state index contributed by atoms with van der Waals surface area (Å²) in [7, 11) is 0. The maximum absolute atomic E-state index is 6.42. The van der Waals surface area contributed by atoms with Crippen LogP contribution in [0.4, 0.5) is 0 Å². The summed E-state index contributed by atoms with van der Waals surface area (Å²) in [4.78, 5) is 0. The lowest BCUT2D eigenvalue weighted by Gasteiger charge is -2.20. The van der Waals surface area contributed by atoms with Crippen LogP contribution < -0.4 is 4.74 Å². The molecule has 14 aromatic rings. The molecule has 0 radical (unpaired) electrons. The molecule has 0 bridgehead atoms. The molecule has 10 aromatic carbocycles. The number of rotatable bonds is 4. The molecule has 65 heavy (non-hydrogen) atoms. The molecule has 0 saturated heterocycles. The first-order chi connectivity index (χ1) is 32.2. The van der Waals surface area contributed by atoms with E-state index in [0.717, 1.165) is 61.5 Å². The van der Waals surface area contributed by atoms with E-state index in [0.29, 0.717) is 0 Å². The Morgan fingerprint density at radius 3 is 1.63 bits per heavy atom. The summed E-state index contributed by atoms with van der Waals surface area (Å²) in [5.41, 5.74) is 16.8. The van der Waals surface area contributed by atoms with E-state index in [1.807, 2.05) is 24.3 Å². The van der Waals surface area contributed by atoms with Crippen LogP contribution in [0.1, 0.15) is 0 Å². The summed E-state index contributed by atoms with van der Waals surface area (Å²) in [6.45, 7) is 0. The minimum atomic E-state index is 0.872. The van der Waals surface area contributed by atoms with Crippen molar-refractivity contribution in [3.63, 3.8) is 0 Å². The Kier molecular flexibility index (Phi) is 6.89. The smallest absolute Gasteiger partial charge is 0.152 e. The van der Waals surface area contributed by atoms with Crippen molar-refractivity contribution >= 4 is 87.4 Å². The SMILES string of the molecule is c1ccc2c(c1)Oc1cccc3c4c(-c5ccc(-n6c7ccccc7c7cc(-c8ccc9c(c8)c8ccccc8n9-c8ccc9c(c8)oc8ccccc89)ccc76)cc5)cccc4n-2c13. The summed E-state index contributed by atoms with van der Waals surface area (Å²) in [6, 6.07) is 76.6.